The summed E-state index contributed by atoms with van der Waals surface area (Å²) in [4.78, 5) is 23.7. The molecule has 0 radical (unpaired) electrons. The summed E-state index contributed by atoms with van der Waals surface area (Å²) in [6.45, 7) is 7.28. The molecule has 0 bridgehead atoms. The van der Waals surface area contributed by atoms with Gasteiger partial charge in [0.2, 0.25) is 5.91 Å². The van der Waals surface area contributed by atoms with E-state index in [1.807, 2.05) is 18.2 Å². The number of rotatable bonds is 7. The SMILES string of the molecule is C=C1CCC(c2cnc3ccc(C4CCN(Cc5ccc(/C(C=NC6CC6)=C/N)c(Cl)c5)CC4(C)O)c(F)c3c2)C(=O)N1. The molecule has 3 heterocycles. The second kappa shape index (κ2) is 11.8. The van der Waals surface area contributed by atoms with E-state index < -0.39 is 17.4 Å². The minimum absolute atomic E-state index is 0.140. The van der Waals surface area contributed by atoms with Crippen LogP contribution in [0.2, 0.25) is 5.02 Å². The van der Waals surface area contributed by atoms with Gasteiger partial charge in [0.15, 0.2) is 0 Å². The van der Waals surface area contributed by atoms with Crippen LogP contribution < -0.4 is 11.1 Å². The lowest BCUT2D eigenvalue weighted by atomic mass is 9.77. The normalized spacial score (nSPS) is 25.4. The number of amides is 1. The predicted octanol–water partition coefficient (Wildman–Crippen LogP) is 5.81. The van der Waals surface area contributed by atoms with Crippen LogP contribution in [0.3, 0.4) is 0 Å². The summed E-state index contributed by atoms with van der Waals surface area (Å²) >= 11 is 6.65. The molecular weight excluding hydrogens is 565 g/mol. The first-order chi connectivity index (χ1) is 20.6. The molecule has 2 aromatic carbocycles. The maximum Gasteiger partial charge on any atom is 0.231 e. The van der Waals surface area contributed by atoms with E-state index in [1.54, 1.807) is 37.5 Å². The van der Waals surface area contributed by atoms with E-state index >= 15 is 4.39 Å². The average molecular weight is 602 g/mol. The first kappa shape index (κ1) is 29.5. The molecule has 2 aliphatic heterocycles. The van der Waals surface area contributed by atoms with Crippen LogP contribution in [-0.2, 0) is 11.3 Å². The number of halogens is 2. The zero-order chi connectivity index (χ0) is 30.3. The van der Waals surface area contributed by atoms with Gasteiger partial charge in [-0.3, -0.25) is 19.7 Å². The van der Waals surface area contributed by atoms with Crippen LogP contribution in [0.25, 0.3) is 16.5 Å². The number of carbonyl (C=O) groups excluding carboxylic acids is 1. The van der Waals surface area contributed by atoms with Crippen molar-refractivity contribution in [3.8, 4) is 0 Å². The Morgan fingerprint density at radius 1 is 1.28 bits per heavy atom. The van der Waals surface area contributed by atoms with Gasteiger partial charge in [-0.05, 0) is 80.5 Å². The highest BCUT2D eigenvalue weighted by Crippen LogP contribution is 2.40. The number of β-amino-alcohol motifs (C(OH)–C–C–N with tert-alkyl or cyclic N) is 1. The summed E-state index contributed by atoms with van der Waals surface area (Å²) in [6.07, 6.45) is 9.08. The van der Waals surface area contributed by atoms with E-state index in [-0.39, 0.29) is 11.7 Å². The molecule has 4 N–H and O–H groups in total. The second-order valence-corrected chi connectivity index (χ2v) is 12.8. The van der Waals surface area contributed by atoms with Gasteiger partial charge in [0, 0.05) is 64.9 Å². The highest BCUT2D eigenvalue weighted by molar-refractivity contribution is 6.34. The molecule has 1 aliphatic carbocycles. The molecule has 3 aromatic rings. The minimum atomic E-state index is -1.17. The Hall–Kier alpha value is -3.59. The Morgan fingerprint density at radius 2 is 2.09 bits per heavy atom. The van der Waals surface area contributed by atoms with Crippen molar-refractivity contribution in [1.82, 2.24) is 15.2 Å². The number of aliphatic imine (C=N–C) groups is 1. The third-order valence-electron chi connectivity index (χ3n) is 8.91. The summed E-state index contributed by atoms with van der Waals surface area (Å²) in [6, 6.07) is 11.6. The smallest absolute Gasteiger partial charge is 0.231 e. The van der Waals surface area contributed by atoms with Crippen molar-refractivity contribution in [2.75, 3.05) is 13.1 Å². The third kappa shape index (κ3) is 6.23. The number of aliphatic hydroxyl groups is 1. The van der Waals surface area contributed by atoms with Crippen molar-refractivity contribution >= 4 is 40.2 Å². The van der Waals surface area contributed by atoms with Gasteiger partial charge in [0.25, 0.3) is 0 Å². The minimum Gasteiger partial charge on any atom is -0.404 e. The Kier molecular flexibility index (Phi) is 8.11. The highest BCUT2D eigenvalue weighted by Gasteiger charge is 2.40. The zero-order valence-corrected chi connectivity index (χ0v) is 25.1. The van der Waals surface area contributed by atoms with Crippen LogP contribution in [0.1, 0.15) is 73.1 Å². The number of nitrogens with zero attached hydrogens (tertiary/aromatic N) is 3. The summed E-state index contributed by atoms with van der Waals surface area (Å²) in [7, 11) is 0. The summed E-state index contributed by atoms with van der Waals surface area (Å²) < 4.78 is 16.1. The lowest BCUT2D eigenvalue weighted by Gasteiger charge is -2.43. The number of piperidine rings is 2. The Labute approximate surface area is 256 Å². The van der Waals surface area contributed by atoms with Crippen LogP contribution in [0, 0.1) is 5.82 Å². The van der Waals surface area contributed by atoms with Crippen LogP contribution in [0.5, 0.6) is 0 Å². The number of likely N-dealkylation sites (tertiary alicyclic amines) is 1. The van der Waals surface area contributed by atoms with Crippen molar-refractivity contribution in [1.29, 1.82) is 0 Å². The van der Waals surface area contributed by atoms with Gasteiger partial charge in [-0.2, -0.15) is 0 Å². The summed E-state index contributed by atoms with van der Waals surface area (Å²) in [5.74, 6) is -1.32. The van der Waals surface area contributed by atoms with Crippen molar-refractivity contribution in [2.24, 2.45) is 10.7 Å². The van der Waals surface area contributed by atoms with Crippen molar-refractivity contribution in [2.45, 2.75) is 69.1 Å². The van der Waals surface area contributed by atoms with E-state index in [0.29, 0.717) is 77.7 Å². The van der Waals surface area contributed by atoms with E-state index in [0.717, 1.165) is 29.5 Å². The molecule has 1 amide bonds. The number of fused-ring (bicyclic) bond motifs is 1. The fraction of sp³-hybridized carbons (Fsp3) is 0.382. The molecule has 3 unspecified atom stereocenters. The van der Waals surface area contributed by atoms with E-state index in [4.69, 9.17) is 17.3 Å². The quantitative estimate of drug-likeness (QED) is 0.297. The lowest BCUT2D eigenvalue weighted by molar-refractivity contribution is -0.122. The van der Waals surface area contributed by atoms with Gasteiger partial charge in [-0.15, -0.1) is 0 Å². The van der Waals surface area contributed by atoms with Crippen molar-refractivity contribution in [3.63, 3.8) is 0 Å². The molecule has 7 nitrogen and oxygen atoms in total. The number of nitrogens with two attached hydrogens (primary N) is 1. The Morgan fingerprint density at radius 3 is 2.79 bits per heavy atom. The molecule has 0 spiro atoms. The largest absolute Gasteiger partial charge is 0.404 e. The molecule has 1 saturated carbocycles. The molecule has 2 saturated heterocycles. The molecule has 1 aromatic heterocycles. The molecule has 3 atom stereocenters. The molecular formula is C34H37ClFN5O2. The topological polar surface area (TPSA) is 104 Å². The molecule has 224 valence electrons. The van der Waals surface area contributed by atoms with Crippen LogP contribution in [-0.4, -0.2) is 51.8 Å². The number of nitrogens with one attached hydrogen (secondary N) is 1. The molecule has 9 heteroatoms. The lowest BCUT2D eigenvalue weighted by Crippen LogP contribution is -2.50. The van der Waals surface area contributed by atoms with Gasteiger partial charge >= 0.3 is 0 Å². The monoisotopic (exact) mass is 601 g/mol. The van der Waals surface area contributed by atoms with Crippen LogP contribution >= 0.6 is 11.6 Å². The second-order valence-electron chi connectivity index (χ2n) is 12.3. The Balaban J connectivity index is 1.18. The summed E-state index contributed by atoms with van der Waals surface area (Å²) in [5, 5.41) is 15.4. The fourth-order valence-corrected chi connectivity index (χ4v) is 6.71. The third-order valence-corrected chi connectivity index (χ3v) is 9.22. The van der Waals surface area contributed by atoms with Crippen molar-refractivity contribution in [3.05, 3.63) is 94.2 Å². The van der Waals surface area contributed by atoms with Gasteiger partial charge in [-0.1, -0.05) is 36.4 Å². The number of carbonyl (C=O) groups is 1. The van der Waals surface area contributed by atoms with Crippen LogP contribution in [0.15, 0.2) is 66.1 Å². The molecule has 3 aliphatic rings. The van der Waals surface area contributed by atoms with E-state index in [2.05, 4.69) is 26.8 Å². The first-order valence-corrected chi connectivity index (χ1v) is 15.3. The van der Waals surface area contributed by atoms with Gasteiger partial charge in [-0.25, -0.2) is 4.39 Å². The number of hydrogen-bond acceptors (Lipinski definition) is 6. The highest BCUT2D eigenvalue weighted by atomic mass is 35.5. The van der Waals surface area contributed by atoms with Gasteiger partial charge in [0.1, 0.15) is 5.82 Å². The average Bonchev–Trinajstić information content (AvgIpc) is 3.79. The summed E-state index contributed by atoms with van der Waals surface area (Å²) in [5.41, 5.74) is 9.71. The number of aromatic nitrogens is 1. The number of benzene rings is 2. The zero-order valence-electron chi connectivity index (χ0n) is 24.3. The fourth-order valence-electron chi connectivity index (χ4n) is 6.40. The molecule has 43 heavy (non-hydrogen) atoms. The number of allylic oxidation sites excluding steroid dienone is 2. The molecule has 6 rings (SSSR count). The van der Waals surface area contributed by atoms with Gasteiger partial charge < -0.3 is 16.2 Å². The Bertz CT molecular complexity index is 1650. The standard InChI is InChI=1S/C34H37ClFN5O2/c1-20-3-7-26(33(42)40-20)22-14-28-31(39-16-22)10-9-27(32(28)36)29-11-12-41(19-34(29,2)43)18-21-4-8-25(30(35)13-21)23(15-37)17-38-24-5-6-24/h4,8-10,13-17,24,26,29,43H,1,3,5-7,11-12,18-19,37H2,2H3,(H,40,42)/b23-15+,38-17?. The van der Waals surface area contributed by atoms with E-state index in [1.165, 1.54) is 6.20 Å². The first-order valence-electron chi connectivity index (χ1n) is 14.9. The maximum atomic E-state index is 16.1. The van der Waals surface area contributed by atoms with Crippen LogP contribution in [0.4, 0.5) is 4.39 Å². The molecule has 3 fully saturated rings. The van der Waals surface area contributed by atoms with Crippen molar-refractivity contribution < 1.29 is 14.3 Å². The number of pyridine rings is 1. The predicted molar refractivity (Wildman–Crippen MR) is 169 cm³/mol. The number of hydrogen-bond donors (Lipinski definition) is 3. The van der Waals surface area contributed by atoms with E-state index in [9.17, 15) is 9.90 Å². The maximum absolute atomic E-state index is 16.1. The van der Waals surface area contributed by atoms with Gasteiger partial charge in [0.05, 0.1) is 23.1 Å².